The summed E-state index contributed by atoms with van der Waals surface area (Å²) in [4.78, 5) is 0.0558. The highest BCUT2D eigenvalue weighted by Crippen LogP contribution is 2.27. The standard InChI is InChI=1S/C11H13BrFNO3S/c12-10-7-8(13)1-2-11(10)18(16,17)14-5-3-9(15)4-6-14/h1-2,7,9,15H,3-6H2. The highest BCUT2D eigenvalue weighted by atomic mass is 79.9. The van der Waals surface area contributed by atoms with Crippen molar-refractivity contribution in [1.82, 2.24) is 4.31 Å². The van der Waals surface area contributed by atoms with Crippen LogP contribution in [0.15, 0.2) is 27.6 Å². The van der Waals surface area contributed by atoms with E-state index in [1.54, 1.807) is 0 Å². The molecule has 1 heterocycles. The molecule has 18 heavy (non-hydrogen) atoms. The van der Waals surface area contributed by atoms with Gasteiger partial charge in [0.1, 0.15) is 5.82 Å². The average molecular weight is 338 g/mol. The fourth-order valence-corrected chi connectivity index (χ4v) is 4.39. The van der Waals surface area contributed by atoms with Gasteiger partial charge in [0.25, 0.3) is 0 Å². The molecule has 0 bridgehead atoms. The van der Waals surface area contributed by atoms with E-state index < -0.39 is 21.9 Å². The van der Waals surface area contributed by atoms with Crippen molar-refractivity contribution >= 4 is 26.0 Å². The maximum Gasteiger partial charge on any atom is 0.244 e. The van der Waals surface area contributed by atoms with Gasteiger partial charge in [0.15, 0.2) is 0 Å². The van der Waals surface area contributed by atoms with Crippen LogP contribution in [-0.4, -0.2) is 37.0 Å². The maximum atomic E-state index is 13.0. The fraction of sp³-hybridized carbons (Fsp3) is 0.455. The molecular formula is C11H13BrFNO3S. The number of nitrogens with zero attached hydrogens (tertiary/aromatic N) is 1. The van der Waals surface area contributed by atoms with Gasteiger partial charge in [0, 0.05) is 17.6 Å². The topological polar surface area (TPSA) is 57.6 Å². The molecule has 1 aromatic carbocycles. The zero-order valence-electron chi connectivity index (χ0n) is 9.51. The third-order valence-corrected chi connectivity index (χ3v) is 5.81. The van der Waals surface area contributed by atoms with Crippen molar-refractivity contribution in [3.8, 4) is 0 Å². The number of hydrogen-bond donors (Lipinski definition) is 1. The molecule has 1 saturated heterocycles. The van der Waals surface area contributed by atoms with Crippen molar-refractivity contribution in [1.29, 1.82) is 0 Å². The van der Waals surface area contributed by atoms with Crippen LogP contribution in [0, 0.1) is 5.82 Å². The van der Waals surface area contributed by atoms with Gasteiger partial charge >= 0.3 is 0 Å². The van der Waals surface area contributed by atoms with Gasteiger partial charge in [0.2, 0.25) is 10.0 Å². The Bertz CT molecular complexity index is 541. The van der Waals surface area contributed by atoms with Crippen LogP contribution in [0.1, 0.15) is 12.8 Å². The minimum Gasteiger partial charge on any atom is -0.393 e. The van der Waals surface area contributed by atoms with Crippen molar-refractivity contribution in [2.75, 3.05) is 13.1 Å². The van der Waals surface area contributed by atoms with E-state index in [4.69, 9.17) is 0 Å². The number of sulfonamides is 1. The van der Waals surface area contributed by atoms with Crippen LogP contribution in [0.4, 0.5) is 4.39 Å². The van der Waals surface area contributed by atoms with Crippen molar-refractivity contribution in [3.05, 3.63) is 28.5 Å². The van der Waals surface area contributed by atoms with Gasteiger partial charge in [-0.25, -0.2) is 12.8 Å². The summed E-state index contributed by atoms with van der Waals surface area (Å²) in [5, 5.41) is 9.37. The summed E-state index contributed by atoms with van der Waals surface area (Å²) in [6, 6.07) is 3.50. The predicted octanol–water partition coefficient (Wildman–Crippen LogP) is 1.73. The van der Waals surface area contributed by atoms with Crippen molar-refractivity contribution < 1.29 is 17.9 Å². The molecule has 0 saturated carbocycles. The minimum atomic E-state index is -3.62. The Balaban J connectivity index is 2.30. The Kier molecular flexibility index (Phi) is 4.05. The zero-order valence-corrected chi connectivity index (χ0v) is 11.9. The van der Waals surface area contributed by atoms with Gasteiger partial charge in [-0.2, -0.15) is 4.31 Å². The van der Waals surface area contributed by atoms with Crippen LogP contribution in [0.25, 0.3) is 0 Å². The molecule has 0 amide bonds. The second-order valence-electron chi connectivity index (χ2n) is 4.21. The first-order chi connectivity index (χ1) is 8.41. The lowest BCUT2D eigenvalue weighted by Crippen LogP contribution is -2.40. The molecule has 2 rings (SSSR count). The molecule has 100 valence electrons. The van der Waals surface area contributed by atoms with Crippen molar-refractivity contribution in [2.24, 2.45) is 0 Å². The van der Waals surface area contributed by atoms with E-state index in [2.05, 4.69) is 15.9 Å². The monoisotopic (exact) mass is 337 g/mol. The summed E-state index contributed by atoms with van der Waals surface area (Å²) >= 11 is 3.07. The summed E-state index contributed by atoms with van der Waals surface area (Å²) in [6.45, 7) is 0.570. The van der Waals surface area contributed by atoms with Gasteiger partial charge in [-0.15, -0.1) is 0 Å². The Morgan fingerprint density at radius 2 is 1.94 bits per heavy atom. The number of rotatable bonds is 2. The molecule has 1 fully saturated rings. The predicted molar refractivity (Wildman–Crippen MR) is 68.1 cm³/mol. The zero-order chi connectivity index (χ0) is 13.3. The molecule has 4 nitrogen and oxygen atoms in total. The number of piperidine rings is 1. The van der Waals surface area contributed by atoms with E-state index in [0.29, 0.717) is 12.8 Å². The summed E-state index contributed by atoms with van der Waals surface area (Å²) in [5.41, 5.74) is 0. The second-order valence-corrected chi connectivity index (χ2v) is 6.97. The van der Waals surface area contributed by atoms with Gasteiger partial charge < -0.3 is 5.11 Å². The minimum absolute atomic E-state index is 0.0558. The van der Waals surface area contributed by atoms with E-state index in [-0.39, 0.29) is 22.5 Å². The number of halogens is 2. The molecule has 7 heteroatoms. The molecule has 1 aliphatic rings. The Labute approximate surface area is 114 Å². The number of hydrogen-bond acceptors (Lipinski definition) is 3. The van der Waals surface area contributed by atoms with Gasteiger partial charge in [-0.3, -0.25) is 0 Å². The SMILES string of the molecule is O=S(=O)(c1ccc(F)cc1Br)N1CCC(O)CC1. The Morgan fingerprint density at radius 3 is 2.50 bits per heavy atom. The lowest BCUT2D eigenvalue weighted by molar-refractivity contribution is 0.113. The average Bonchev–Trinajstić information content (AvgIpc) is 2.29. The highest BCUT2D eigenvalue weighted by molar-refractivity contribution is 9.10. The summed E-state index contributed by atoms with van der Waals surface area (Å²) in [7, 11) is -3.62. The number of benzene rings is 1. The smallest absolute Gasteiger partial charge is 0.244 e. The van der Waals surface area contributed by atoms with E-state index in [0.717, 1.165) is 12.1 Å². The molecule has 0 unspecified atom stereocenters. The molecule has 1 aromatic rings. The molecule has 0 atom stereocenters. The van der Waals surface area contributed by atoms with Crippen LogP contribution < -0.4 is 0 Å². The molecule has 0 radical (unpaired) electrons. The first-order valence-corrected chi connectivity index (χ1v) is 7.78. The summed E-state index contributed by atoms with van der Waals surface area (Å²) < 4.78 is 39.1. The van der Waals surface area contributed by atoms with E-state index >= 15 is 0 Å². The van der Waals surface area contributed by atoms with E-state index in [1.807, 2.05) is 0 Å². The third kappa shape index (κ3) is 2.74. The highest BCUT2D eigenvalue weighted by Gasteiger charge is 2.30. The van der Waals surface area contributed by atoms with Gasteiger partial charge in [-0.1, -0.05) is 0 Å². The van der Waals surface area contributed by atoms with Crippen molar-refractivity contribution in [2.45, 2.75) is 23.8 Å². The molecule has 1 aliphatic heterocycles. The van der Waals surface area contributed by atoms with Crippen molar-refractivity contribution in [3.63, 3.8) is 0 Å². The maximum absolute atomic E-state index is 13.0. The van der Waals surface area contributed by atoms with E-state index in [9.17, 15) is 17.9 Å². The summed E-state index contributed by atoms with van der Waals surface area (Å²) in [6.07, 6.45) is 0.420. The molecule has 0 aromatic heterocycles. The van der Waals surface area contributed by atoms with E-state index in [1.165, 1.54) is 10.4 Å². The normalized spacial score (nSPS) is 19.1. The second kappa shape index (κ2) is 5.24. The Morgan fingerprint density at radius 1 is 1.33 bits per heavy atom. The lowest BCUT2D eigenvalue weighted by atomic mass is 10.1. The first kappa shape index (κ1) is 13.9. The van der Waals surface area contributed by atoms with Crippen LogP contribution in [0.3, 0.4) is 0 Å². The van der Waals surface area contributed by atoms with Crippen LogP contribution in [0.2, 0.25) is 0 Å². The number of aliphatic hydroxyl groups is 1. The Hall–Kier alpha value is -0.500. The largest absolute Gasteiger partial charge is 0.393 e. The molecule has 0 spiro atoms. The van der Waals surface area contributed by atoms with Crippen LogP contribution >= 0.6 is 15.9 Å². The quantitative estimate of drug-likeness (QED) is 0.894. The van der Waals surface area contributed by atoms with Gasteiger partial charge in [0.05, 0.1) is 11.0 Å². The molecule has 1 N–H and O–H groups in total. The fourth-order valence-electron chi connectivity index (χ4n) is 1.91. The molecule has 0 aliphatic carbocycles. The van der Waals surface area contributed by atoms with Crippen LogP contribution in [0.5, 0.6) is 0 Å². The van der Waals surface area contributed by atoms with Crippen LogP contribution in [-0.2, 0) is 10.0 Å². The first-order valence-electron chi connectivity index (χ1n) is 5.54. The lowest BCUT2D eigenvalue weighted by Gasteiger charge is -2.29. The summed E-state index contributed by atoms with van der Waals surface area (Å²) in [5.74, 6) is -0.491. The van der Waals surface area contributed by atoms with Gasteiger partial charge in [-0.05, 0) is 47.0 Å². The molecular weight excluding hydrogens is 325 g/mol. The third-order valence-electron chi connectivity index (χ3n) is 2.94. The number of aliphatic hydroxyl groups excluding tert-OH is 1.